The molecule has 0 aromatic heterocycles. The summed E-state index contributed by atoms with van der Waals surface area (Å²) in [5.74, 6) is 1.65. The molecule has 5 nitrogen and oxygen atoms in total. The number of rotatable bonds is 7. The fraction of sp³-hybridized carbons (Fsp3) is 0.316. The molecule has 5 heteroatoms. The number of hydrogen-bond acceptors (Lipinski definition) is 4. The Labute approximate surface area is 142 Å². The van der Waals surface area contributed by atoms with Crippen molar-refractivity contribution in [2.24, 2.45) is 0 Å². The molecule has 2 aromatic carbocycles. The van der Waals surface area contributed by atoms with E-state index in [1.165, 1.54) is 0 Å². The highest BCUT2D eigenvalue weighted by Gasteiger charge is 2.20. The Morgan fingerprint density at radius 1 is 1.08 bits per heavy atom. The number of amides is 1. The summed E-state index contributed by atoms with van der Waals surface area (Å²) in [6.45, 7) is 3.89. The van der Waals surface area contributed by atoms with Crippen LogP contribution in [0.25, 0.3) is 0 Å². The van der Waals surface area contributed by atoms with Crippen molar-refractivity contribution in [1.82, 2.24) is 0 Å². The molecular weight excluding hydrogens is 306 g/mol. The number of carbonyl (C=O) groups excluding carboxylic acids is 1. The van der Waals surface area contributed by atoms with Gasteiger partial charge in [-0.2, -0.15) is 0 Å². The largest absolute Gasteiger partial charge is 0.497 e. The molecule has 2 rings (SSSR count). The molecule has 2 aromatic rings. The van der Waals surface area contributed by atoms with E-state index in [0.717, 1.165) is 5.56 Å². The molecule has 24 heavy (non-hydrogen) atoms. The molecule has 1 N–H and O–H groups in total. The predicted molar refractivity (Wildman–Crippen MR) is 94.1 cm³/mol. The van der Waals surface area contributed by atoms with Crippen molar-refractivity contribution >= 4 is 11.6 Å². The van der Waals surface area contributed by atoms with Crippen molar-refractivity contribution in [2.45, 2.75) is 26.4 Å². The van der Waals surface area contributed by atoms with E-state index in [0.29, 0.717) is 29.4 Å². The molecule has 128 valence electrons. The molecule has 0 radical (unpaired) electrons. The summed E-state index contributed by atoms with van der Waals surface area (Å²) >= 11 is 0. The fourth-order valence-electron chi connectivity index (χ4n) is 2.30. The van der Waals surface area contributed by atoms with Crippen LogP contribution < -0.4 is 19.5 Å². The van der Waals surface area contributed by atoms with Gasteiger partial charge < -0.3 is 19.5 Å². The molecule has 0 heterocycles. The Hall–Kier alpha value is -2.69. The van der Waals surface area contributed by atoms with Crippen LogP contribution in [0.4, 0.5) is 5.69 Å². The summed E-state index contributed by atoms with van der Waals surface area (Å²) in [5, 5.41) is 2.85. The van der Waals surface area contributed by atoms with Crippen molar-refractivity contribution in [1.29, 1.82) is 0 Å². The van der Waals surface area contributed by atoms with Gasteiger partial charge in [0.25, 0.3) is 5.91 Å². The summed E-state index contributed by atoms with van der Waals surface area (Å²) < 4.78 is 16.3. The first-order valence-corrected chi connectivity index (χ1v) is 7.83. The monoisotopic (exact) mass is 329 g/mol. The zero-order chi connectivity index (χ0) is 17.5. The fourth-order valence-corrected chi connectivity index (χ4v) is 2.30. The van der Waals surface area contributed by atoms with Gasteiger partial charge >= 0.3 is 0 Å². The first kappa shape index (κ1) is 17.7. The lowest BCUT2D eigenvalue weighted by Crippen LogP contribution is -2.32. The van der Waals surface area contributed by atoms with Gasteiger partial charge in [0.2, 0.25) is 0 Å². The number of methoxy groups -OCH3 is 2. The van der Waals surface area contributed by atoms with Crippen molar-refractivity contribution < 1.29 is 19.0 Å². The normalized spacial score (nSPS) is 11.5. The third kappa shape index (κ3) is 4.41. The van der Waals surface area contributed by atoms with Crippen LogP contribution in [0, 0.1) is 6.92 Å². The summed E-state index contributed by atoms with van der Waals surface area (Å²) in [5.41, 5.74) is 1.63. The molecule has 0 aliphatic rings. The second-order valence-corrected chi connectivity index (χ2v) is 5.39. The van der Waals surface area contributed by atoms with Gasteiger partial charge in [0.05, 0.1) is 19.9 Å². The van der Waals surface area contributed by atoms with Crippen LogP contribution >= 0.6 is 0 Å². The number of anilines is 1. The van der Waals surface area contributed by atoms with Gasteiger partial charge in [-0.3, -0.25) is 4.79 Å². The zero-order valence-corrected chi connectivity index (χ0v) is 14.5. The van der Waals surface area contributed by atoms with Gasteiger partial charge in [0, 0.05) is 6.07 Å². The quantitative estimate of drug-likeness (QED) is 0.839. The van der Waals surface area contributed by atoms with Crippen LogP contribution in [0.5, 0.6) is 17.2 Å². The van der Waals surface area contributed by atoms with Crippen molar-refractivity contribution in [3.05, 3.63) is 48.0 Å². The van der Waals surface area contributed by atoms with E-state index >= 15 is 0 Å². The van der Waals surface area contributed by atoms with Crippen LogP contribution in [0.3, 0.4) is 0 Å². The van der Waals surface area contributed by atoms with E-state index in [1.54, 1.807) is 32.4 Å². The van der Waals surface area contributed by atoms with E-state index in [1.807, 2.05) is 38.1 Å². The maximum absolute atomic E-state index is 12.6. The molecule has 0 fully saturated rings. The van der Waals surface area contributed by atoms with Crippen LogP contribution in [0.15, 0.2) is 42.5 Å². The van der Waals surface area contributed by atoms with E-state index < -0.39 is 6.10 Å². The van der Waals surface area contributed by atoms with E-state index in [9.17, 15) is 4.79 Å². The minimum atomic E-state index is -0.595. The Balaban J connectivity index is 2.14. The summed E-state index contributed by atoms with van der Waals surface area (Å²) in [6, 6.07) is 12.9. The molecule has 0 spiro atoms. The first-order valence-electron chi connectivity index (χ1n) is 7.83. The number of carbonyl (C=O) groups is 1. The Morgan fingerprint density at radius 2 is 1.88 bits per heavy atom. The number of ether oxygens (including phenoxy) is 3. The molecule has 0 aliphatic heterocycles. The number of benzene rings is 2. The van der Waals surface area contributed by atoms with Gasteiger partial charge in [-0.05, 0) is 43.2 Å². The average molecular weight is 329 g/mol. The highest BCUT2D eigenvalue weighted by Crippen LogP contribution is 2.29. The molecule has 1 atom stereocenters. The molecule has 0 saturated heterocycles. The van der Waals surface area contributed by atoms with E-state index in [2.05, 4.69) is 5.32 Å². The minimum Gasteiger partial charge on any atom is -0.497 e. The van der Waals surface area contributed by atoms with Gasteiger partial charge in [0.1, 0.15) is 17.2 Å². The lowest BCUT2D eigenvalue weighted by Gasteiger charge is -2.19. The highest BCUT2D eigenvalue weighted by atomic mass is 16.5. The van der Waals surface area contributed by atoms with Crippen LogP contribution in [-0.2, 0) is 4.79 Å². The Morgan fingerprint density at radius 3 is 2.50 bits per heavy atom. The molecule has 0 saturated carbocycles. The minimum absolute atomic E-state index is 0.231. The van der Waals surface area contributed by atoms with E-state index in [4.69, 9.17) is 14.2 Å². The van der Waals surface area contributed by atoms with Crippen LogP contribution in [0.1, 0.15) is 18.9 Å². The van der Waals surface area contributed by atoms with Gasteiger partial charge in [0.15, 0.2) is 6.10 Å². The number of hydrogen-bond donors (Lipinski definition) is 1. The average Bonchev–Trinajstić information content (AvgIpc) is 2.59. The van der Waals surface area contributed by atoms with Gasteiger partial charge in [-0.15, -0.1) is 0 Å². The second kappa shape index (κ2) is 8.24. The molecule has 0 bridgehead atoms. The standard InChI is InChI=1S/C19H23NO4/c1-5-17(24-15-8-6-7-13(2)11-15)19(21)20-16-12-14(22-3)9-10-18(16)23-4/h6-12,17H,5H2,1-4H3,(H,20,21)/t17-/m1/s1. The van der Waals surface area contributed by atoms with Crippen molar-refractivity contribution in [3.8, 4) is 17.2 Å². The predicted octanol–water partition coefficient (Wildman–Crippen LogP) is 3.81. The molecular formula is C19H23NO4. The smallest absolute Gasteiger partial charge is 0.265 e. The molecule has 0 unspecified atom stereocenters. The van der Waals surface area contributed by atoms with Gasteiger partial charge in [-0.25, -0.2) is 0 Å². The van der Waals surface area contributed by atoms with Crippen molar-refractivity contribution in [2.75, 3.05) is 19.5 Å². The maximum Gasteiger partial charge on any atom is 0.265 e. The SMILES string of the molecule is CC[C@@H](Oc1cccc(C)c1)C(=O)Nc1cc(OC)ccc1OC. The van der Waals surface area contributed by atoms with Gasteiger partial charge in [-0.1, -0.05) is 19.1 Å². The van der Waals surface area contributed by atoms with Crippen LogP contribution in [-0.4, -0.2) is 26.2 Å². The highest BCUT2D eigenvalue weighted by molar-refractivity contribution is 5.95. The number of aryl methyl sites for hydroxylation is 1. The van der Waals surface area contributed by atoms with E-state index in [-0.39, 0.29) is 5.91 Å². The first-order chi connectivity index (χ1) is 11.6. The Bertz CT molecular complexity index is 700. The van der Waals surface area contributed by atoms with Crippen LogP contribution in [0.2, 0.25) is 0 Å². The van der Waals surface area contributed by atoms with Crippen molar-refractivity contribution in [3.63, 3.8) is 0 Å². The third-order valence-electron chi connectivity index (χ3n) is 3.60. The number of nitrogens with one attached hydrogen (secondary N) is 1. The maximum atomic E-state index is 12.6. The molecule has 0 aliphatic carbocycles. The summed E-state index contributed by atoms with van der Waals surface area (Å²) in [7, 11) is 3.13. The third-order valence-corrected chi connectivity index (χ3v) is 3.60. The lowest BCUT2D eigenvalue weighted by molar-refractivity contribution is -0.122. The summed E-state index contributed by atoms with van der Waals surface area (Å²) in [4.78, 5) is 12.6. The summed E-state index contributed by atoms with van der Waals surface area (Å²) in [6.07, 6.45) is -0.0470. The molecule has 1 amide bonds. The Kier molecular flexibility index (Phi) is 6.07. The lowest BCUT2D eigenvalue weighted by atomic mass is 10.2. The second-order valence-electron chi connectivity index (χ2n) is 5.39. The topological polar surface area (TPSA) is 56.8 Å². The zero-order valence-electron chi connectivity index (χ0n) is 14.5.